The van der Waals surface area contributed by atoms with E-state index in [0.717, 1.165) is 17.7 Å². The SMILES string of the molecule is CC1=CC(C)(C)CC(=NN2C(=O)C(=Cc3ccccc3[N+](=O)[O-])N=C2c2ccccc2)C1. The Labute approximate surface area is 186 Å². The molecule has 2 aromatic carbocycles. The summed E-state index contributed by atoms with van der Waals surface area (Å²) in [6, 6.07) is 15.6. The number of carbonyl (C=O) groups excluding carboxylic acids is 1. The first kappa shape index (κ1) is 21.4. The highest BCUT2D eigenvalue weighted by molar-refractivity contribution is 6.20. The molecule has 1 aliphatic carbocycles. The van der Waals surface area contributed by atoms with Crippen LogP contribution in [0.2, 0.25) is 0 Å². The first-order valence-corrected chi connectivity index (χ1v) is 10.4. The van der Waals surface area contributed by atoms with Crippen molar-refractivity contribution in [1.82, 2.24) is 5.01 Å². The largest absolute Gasteiger partial charge is 0.298 e. The average Bonchev–Trinajstić information content (AvgIpc) is 3.03. The Kier molecular flexibility index (Phi) is 5.57. The lowest BCUT2D eigenvalue weighted by Crippen LogP contribution is -2.31. The fourth-order valence-corrected chi connectivity index (χ4v) is 4.19. The van der Waals surface area contributed by atoms with Crippen LogP contribution in [0.5, 0.6) is 0 Å². The van der Waals surface area contributed by atoms with Crippen LogP contribution in [0.3, 0.4) is 0 Å². The number of nitro benzene ring substituents is 1. The molecule has 0 unspecified atom stereocenters. The number of carbonyl (C=O) groups is 1. The van der Waals surface area contributed by atoms with Gasteiger partial charge in [-0.15, -0.1) is 0 Å². The molecule has 0 fully saturated rings. The van der Waals surface area contributed by atoms with Gasteiger partial charge >= 0.3 is 0 Å². The molecule has 0 saturated carbocycles. The molecule has 4 rings (SSSR count). The van der Waals surface area contributed by atoms with Gasteiger partial charge in [0.25, 0.3) is 11.6 Å². The Hall–Kier alpha value is -3.87. The molecular weight excluding hydrogens is 404 g/mol. The molecule has 1 heterocycles. The summed E-state index contributed by atoms with van der Waals surface area (Å²) in [7, 11) is 0. The third kappa shape index (κ3) is 4.42. The molecule has 0 N–H and O–H groups in total. The molecule has 7 heteroatoms. The first-order valence-electron chi connectivity index (χ1n) is 10.4. The molecule has 32 heavy (non-hydrogen) atoms. The first-order chi connectivity index (χ1) is 15.2. The smallest absolute Gasteiger partial charge is 0.265 e. The predicted octanol–water partition coefficient (Wildman–Crippen LogP) is 5.35. The summed E-state index contributed by atoms with van der Waals surface area (Å²) in [5.41, 5.74) is 3.17. The second kappa shape index (κ2) is 8.34. The van der Waals surface area contributed by atoms with E-state index in [2.05, 4.69) is 31.8 Å². The number of hydrogen-bond acceptors (Lipinski definition) is 5. The van der Waals surface area contributed by atoms with E-state index in [0.29, 0.717) is 17.8 Å². The van der Waals surface area contributed by atoms with Gasteiger partial charge in [0.2, 0.25) is 0 Å². The minimum Gasteiger partial charge on any atom is -0.265 e. The second-order valence-electron chi connectivity index (χ2n) is 8.76. The molecule has 162 valence electrons. The van der Waals surface area contributed by atoms with Gasteiger partial charge in [0.15, 0.2) is 5.84 Å². The third-order valence-corrected chi connectivity index (χ3v) is 5.32. The number of benzene rings is 2. The van der Waals surface area contributed by atoms with Crippen molar-refractivity contribution in [1.29, 1.82) is 0 Å². The maximum atomic E-state index is 13.3. The number of allylic oxidation sites excluding steroid dienone is 2. The summed E-state index contributed by atoms with van der Waals surface area (Å²) in [5.74, 6) is 0.0115. The average molecular weight is 428 g/mol. The number of rotatable bonds is 4. The number of aliphatic imine (C=N–C) groups is 1. The number of para-hydroxylation sites is 1. The number of hydrogen-bond donors (Lipinski definition) is 0. The minimum absolute atomic E-state index is 0.0443. The van der Waals surface area contributed by atoms with E-state index in [-0.39, 0.29) is 16.8 Å². The molecule has 2 aliphatic rings. The van der Waals surface area contributed by atoms with Crippen LogP contribution in [0.15, 0.2) is 82.0 Å². The molecule has 0 radical (unpaired) electrons. The van der Waals surface area contributed by atoms with Crippen LogP contribution in [0.4, 0.5) is 5.69 Å². The molecule has 0 spiro atoms. The minimum atomic E-state index is -0.467. The van der Waals surface area contributed by atoms with Crippen molar-refractivity contribution in [3.05, 3.63) is 93.2 Å². The zero-order valence-electron chi connectivity index (χ0n) is 18.3. The van der Waals surface area contributed by atoms with Crippen LogP contribution in [0.25, 0.3) is 6.08 Å². The number of amides is 1. The lowest BCUT2D eigenvalue weighted by molar-refractivity contribution is -0.385. The molecule has 2 aromatic rings. The van der Waals surface area contributed by atoms with Gasteiger partial charge in [-0.2, -0.15) is 10.1 Å². The van der Waals surface area contributed by atoms with E-state index in [1.165, 1.54) is 22.7 Å². The summed E-state index contributed by atoms with van der Waals surface area (Å²) < 4.78 is 0. The number of amidine groups is 1. The third-order valence-electron chi connectivity index (χ3n) is 5.32. The van der Waals surface area contributed by atoms with Crippen LogP contribution >= 0.6 is 0 Å². The van der Waals surface area contributed by atoms with E-state index in [1.807, 2.05) is 30.3 Å². The Morgan fingerprint density at radius 2 is 1.81 bits per heavy atom. The molecule has 0 bridgehead atoms. The Balaban J connectivity index is 1.79. The van der Waals surface area contributed by atoms with E-state index in [4.69, 9.17) is 5.10 Å². The van der Waals surface area contributed by atoms with Gasteiger partial charge in [-0.25, -0.2) is 4.99 Å². The normalized spacial score (nSPS) is 20.5. The van der Waals surface area contributed by atoms with Crippen LogP contribution in [-0.2, 0) is 4.79 Å². The summed E-state index contributed by atoms with van der Waals surface area (Å²) in [6.07, 6.45) is 5.13. The Morgan fingerprint density at radius 3 is 2.50 bits per heavy atom. The molecule has 1 amide bonds. The second-order valence-corrected chi connectivity index (χ2v) is 8.76. The van der Waals surface area contributed by atoms with Crippen molar-refractivity contribution < 1.29 is 9.72 Å². The maximum Gasteiger partial charge on any atom is 0.298 e. The predicted molar refractivity (Wildman–Crippen MR) is 125 cm³/mol. The monoisotopic (exact) mass is 428 g/mol. The van der Waals surface area contributed by atoms with Crippen molar-refractivity contribution in [2.24, 2.45) is 15.5 Å². The number of hydrazone groups is 1. The summed E-state index contributed by atoms with van der Waals surface area (Å²) in [4.78, 5) is 28.8. The summed E-state index contributed by atoms with van der Waals surface area (Å²) in [5, 5.41) is 17.5. The molecule has 0 atom stereocenters. The van der Waals surface area contributed by atoms with Gasteiger partial charge in [0.1, 0.15) is 5.70 Å². The molecular formula is C25H24N4O3. The Bertz CT molecular complexity index is 1210. The standard InChI is InChI=1S/C25H24N4O3/c1-17-13-20(16-25(2,3)15-17)27-28-23(18-9-5-4-6-10-18)26-21(24(28)30)14-19-11-7-8-12-22(19)29(31)32/h4-12,14-15H,13,16H2,1-3H3. The van der Waals surface area contributed by atoms with Gasteiger partial charge < -0.3 is 0 Å². The van der Waals surface area contributed by atoms with E-state index >= 15 is 0 Å². The zero-order valence-corrected chi connectivity index (χ0v) is 18.3. The van der Waals surface area contributed by atoms with Crippen LogP contribution in [0.1, 0.15) is 44.7 Å². The summed E-state index contributed by atoms with van der Waals surface area (Å²) in [6.45, 7) is 6.35. The number of nitrogens with zero attached hydrogens (tertiary/aromatic N) is 4. The van der Waals surface area contributed by atoms with E-state index in [9.17, 15) is 14.9 Å². The van der Waals surface area contributed by atoms with Crippen LogP contribution in [-0.4, -0.2) is 27.4 Å². The molecule has 7 nitrogen and oxygen atoms in total. The van der Waals surface area contributed by atoms with Crippen molar-refractivity contribution >= 4 is 29.2 Å². The fourth-order valence-electron chi connectivity index (χ4n) is 4.19. The highest BCUT2D eigenvalue weighted by atomic mass is 16.6. The van der Waals surface area contributed by atoms with Gasteiger partial charge in [0.05, 0.1) is 10.5 Å². The Morgan fingerprint density at radius 1 is 1.12 bits per heavy atom. The van der Waals surface area contributed by atoms with Gasteiger partial charge in [-0.05, 0) is 30.9 Å². The quantitative estimate of drug-likeness (QED) is 0.285. The molecule has 0 saturated heterocycles. The van der Waals surface area contributed by atoms with Crippen molar-refractivity contribution in [3.8, 4) is 0 Å². The molecule has 0 aromatic heterocycles. The van der Waals surface area contributed by atoms with Crippen molar-refractivity contribution in [3.63, 3.8) is 0 Å². The van der Waals surface area contributed by atoms with E-state index < -0.39 is 10.8 Å². The lowest BCUT2D eigenvalue weighted by Gasteiger charge is -2.28. The molecule has 1 aliphatic heterocycles. The topological polar surface area (TPSA) is 88.2 Å². The van der Waals surface area contributed by atoms with Gasteiger partial charge in [-0.1, -0.05) is 68.0 Å². The lowest BCUT2D eigenvalue weighted by atomic mass is 9.79. The number of nitro groups is 1. The maximum absolute atomic E-state index is 13.3. The van der Waals surface area contributed by atoms with Crippen LogP contribution < -0.4 is 0 Å². The fraction of sp³-hybridized carbons (Fsp3) is 0.240. The van der Waals surface area contributed by atoms with Gasteiger partial charge in [0, 0.05) is 23.8 Å². The van der Waals surface area contributed by atoms with Crippen molar-refractivity contribution in [2.45, 2.75) is 33.6 Å². The van der Waals surface area contributed by atoms with E-state index in [1.54, 1.807) is 18.2 Å². The zero-order chi connectivity index (χ0) is 22.9. The van der Waals surface area contributed by atoms with Crippen LogP contribution in [0, 0.1) is 15.5 Å². The van der Waals surface area contributed by atoms with Crippen molar-refractivity contribution in [2.75, 3.05) is 0 Å². The summed E-state index contributed by atoms with van der Waals surface area (Å²) >= 11 is 0. The highest BCUT2D eigenvalue weighted by Crippen LogP contribution is 2.33. The van der Waals surface area contributed by atoms with Gasteiger partial charge in [-0.3, -0.25) is 14.9 Å². The highest BCUT2D eigenvalue weighted by Gasteiger charge is 2.33.